The van der Waals surface area contributed by atoms with Gasteiger partial charge in [0.25, 0.3) is 5.69 Å². The topological polar surface area (TPSA) is 63.4 Å². The first-order valence-corrected chi connectivity index (χ1v) is 4.16. The summed E-state index contributed by atoms with van der Waals surface area (Å²) in [5, 5.41) is 19.8. The second kappa shape index (κ2) is 2.73. The first kappa shape index (κ1) is 8.04. The molecule has 68 valence electrons. The van der Waals surface area contributed by atoms with Crippen LogP contribution in [0.25, 0.3) is 0 Å². The third-order valence-electron chi connectivity index (χ3n) is 2.24. The van der Waals surface area contributed by atoms with E-state index in [1.807, 2.05) is 0 Å². The van der Waals surface area contributed by atoms with E-state index in [0.29, 0.717) is 11.5 Å². The summed E-state index contributed by atoms with van der Waals surface area (Å²) in [5.74, 6) is 0.507. The molecule has 1 N–H and O–H groups in total. The van der Waals surface area contributed by atoms with Crippen LogP contribution < -0.4 is 0 Å². The van der Waals surface area contributed by atoms with Crippen LogP contribution in [-0.2, 0) is 0 Å². The summed E-state index contributed by atoms with van der Waals surface area (Å²) in [4.78, 5) is 9.99. The van der Waals surface area contributed by atoms with Gasteiger partial charge in [-0.25, -0.2) is 0 Å². The number of aromatic hydroxyl groups is 1. The van der Waals surface area contributed by atoms with E-state index in [9.17, 15) is 15.2 Å². The molecule has 0 unspecified atom stereocenters. The van der Waals surface area contributed by atoms with Crippen molar-refractivity contribution in [3.8, 4) is 5.75 Å². The van der Waals surface area contributed by atoms with Crippen LogP contribution in [0.5, 0.6) is 5.75 Å². The molecule has 0 amide bonds. The van der Waals surface area contributed by atoms with Crippen molar-refractivity contribution in [1.29, 1.82) is 0 Å². The lowest BCUT2D eigenvalue weighted by Gasteiger charge is -2.00. The van der Waals surface area contributed by atoms with E-state index in [1.165, 1.54) is 18.2 Å². The van der Waals surface area contributed by atoms with Gasteiger partial charge >= 0.3 is 0 Å². The van der Waals surface area contributed by atoms with E-state index in [2.05, 4.69) is 0 Å². The average Bonchev–Trinajstić information content (AvgIpc) is 2.87. The maximum absolute atomic E-state index is 10.4. The lowest BCUT2D eigenvalue weighted by Crippen LogP contribution is -1.89. The van der Waals surface area contributed by atoms with Crippen molar-refractivity contribution in [2.75, 3.05) is 0 Å². The highest BCUT2D eigenvalue weighted by molar-refractivity contribution is 5.46. The number of hydrogen-bond donors (Lipinski definition) is 1. The van der Waals surface area contributed by atoms with E-state index < -0.39 is 4.92 Å². The molecule has 0 atom stereocenters. The van der Waals surface area contributed by atoms with E-state index in [4.69, 9.17) is 0 Å². The Morgan fingerprint density at radius 1 is 1.46 bits per heavy atom. The van der Waals surface area contributed by atoms with Gasteiger partial charge in [0.15, 0.2) is 0 Å². The van der Waals surface area contributed by atoms with Crippen LogP contribution in [0.1, 0.15) is 24.3 Å². The molecule has 1 aromatic rings. The van der Waals surface area contributed by atoms with E-state index >= 15 is 0 Å². The third kappa shape index (κ3) is 1.47. The fourth-order valence-electron chi connectivity index (χ4n) is 1.38. The number of nitro benzene ring substituents is 1. The SMILES string of the molecule is O=[N+]([O-])c1ccc(O)c(C2CC2)c1. The van der Waals surface area contributed by atoms with Gasteiger partial charge in [0, 0.05) is 17.7 Å². The number of phenols is 1. The first-order valence-electron chi connectivity index (χ1n) is 4.16. The van der Waals surface area contributed by atoms with Gasteiger partial charge in [0.2, 0.25) is 0 Å². The zero-order valence-electron chi connectivity index (χ0n) is 6.93. The molecular weight excluding hydrogens is 170 g/mol. The molecule has 0 spiro atoms. The monoisotopic (exact) mass is 179 g/mol. The van der Waals surface area contributed by atoms with Gasteiger partial charge in [-0.3, -0.25) is 10.1 Å². The first-order chi connectivity index (χ1) is 6.18. The molecule has 4 heteroatoms. The second-order valence-electron chi connectivity index (χ2n) is 3.27. The lowest BCUT2D eigenvalue weighted by atomic mass is 10.1. The maximum Gasteiger partial charge on any atom is 0.269 e. The van der Waals surface area contributed by atoms with Crippen molar-refractivity contribution in [3.63, 3.8) is 0 Å². The highest BCUT2D eigenvalue weighted by atomic mass is 16.6. The van der Waals surface area contributed by atoms with Crippen LogP contribution in [-0.4, -0.2) is 10.0 Å². The molecule has 13 heavy (non-hydrogen) atoms. The molecular formula is C9H9NO3. The van der Waals surface area contributed by atoms with Gasteiger partial charge in [-0.05, 0) is 24.8 Å². The number of hydrogen-bond acceptors (Lipinski definition) is 3. The fourth-order valence-corrected chi connectivity index (χ4v) is 1.38. The van der Waals surface area contributed by atoms with Crippen molar-refractivity contribution in [2.45, 2.75) is 18.8 Å². The van der Waals surface area contributed by atoms with Crippen LogP contribution in [0.2, 0.25) is 0 Å². The van der Waals surface area contributed by atoms with Crippen LogP contribution in [0.4, 0.5) is 5.69 Å². The number of nitro groups is 1. The Labute approximate surface area is 75.0 Å². The fraction of sp³-hybridized carbons (Fsp3) is 0.333. The Morgan fingerprint density at radius 3 is 2.69 bits per heavy atom. The molecule has 1 fully saturated rings. The molecule has 1 aliphatic rings. The Bertz CT molecular complexity index is 358. The highest BCUT2D eigenvalue weighted by Crippen LogP contribution is 2.44. The standard InChI is InChI=1S/C9H9NO3/c11-9-4-3-7(10(12)13)5-8(9)6-1-2-6/h3-6,11H,1-2H2. The van der Waals surface area contributed by atoms with Gasteiger partial charge in [-0.2, -0.15) is 0 Å². The smallest absolute Gasteiger partial charge is 0.269 e. The van der Waals surface area contributed by atoms with Gasteiger partial charge in [0.1, 0.15) is 5.75 Å². The summed E-state index contributed by atoms with van der Waals surface area (Å²) in [6.45, 7) is 0. The third-order valence-corrected chi connectivity index (χ3v) is 2.24. The molecule has 1 aliphatic carbocycles. The number of nitrogens with zero attached hydrogens (tertiary/aromatic N) is 1. The minimum absolute atomic E-state index is 0.0553. The Hall–Kier alpha value is -1.58. The molecule has 1 saturated carbocycles. The number of benzene rings is 1. The summed E-state index contributed by atoms with van der Waals surface area (Å²) in [7, 11) is 0. The van der Waals surface area contributed by atoms with Gasteiger partial charge in [-0.1, -0.05) is 0 Å². The van der Waals surface area contributed by atoms with Crippen molar-refractivity contribution >= 4 is 5.69 Å². The lowest BCUT2D eigenvalue weighted by molar-refractivity contribution is -0.384. The predicted molar refractivity (Wildman–Crippen MR) is 46.7 cm³/mol. The summed E-state index contributed by atoms with van der Waals surface area (Å²) >= 11 is 0. The number of rotatable bonds is 2. The Kier molecular flexibility index (Phi) is 1.69. The van der Waals surface area contributed by atoms with Gasteiger partial charge < -0.3 is 5.11 Å². The zero-order chi connectivity index (χ0) is 9.42. The zero-order valence-corrected chi connectivity index (χ0v) is 6.93. The predicted octanol–water partition coefficient (Wildman–Crippen LogP) is 2.18. The van der Waals surface area contributed by atoms with Gasteiger partial charge in [-0.15, -0.1) is 0 Å². The maximum atomic E-state index is 10.4. The van der Waals surface area contributed by atoms with Crippen LogP contribution in [0, 0.1) is 10.1 Å². The van der Waals surface area contributed by atoms with Crippen molar-refractivity contribution in [2.24, 2.45) is 0 Å². The van der Waals surface area contributed by atoms with Gasteiger partial charge in [0.05, 0.1) is 4.92 Å². The minimum Gasteiger partial charge on any atom is -0.508 e. The number of non-ortho nitro benzene ring substituents is 1. The van der Waals surface area contributed by atoms with E-state index in [1.54, 1.807) is 0 Å². The largest absolute Gasteiger partial charge is 0.508 e. The highest BCUT2D eigenvalue weighted by Gasteiger charge is 2.27. The molecule has 0 bridgehead atoms. The van der Waals surface area contributed by atoms with Crippen molar-refractivity contribution in [3.05, 3.63) is 33.9 Å². The molecule has 4 nitrogen and oxygen atoms in total. The van der Waals surface area contributed by atoms with E-state index in [0.717, 1.165) is 12.8 Å². The summed E-state index contributed by atoms with van der Waals surface area (Å²) in [5.41, 5.74) is 0.772. The summed E-state index contributed by atoms with van der Waals surface area (Å²) < 4.78 is 0. The minimum atomic E-state index is -0.439. The van der Waals surface area contributed by atoms with E-state index in [-0.39, 0.29) is 11.4 Å². The van der Waals surface area contributed by atoms with Crippen LogP contribution in [0.3, 0.4) is 0 Å². The molecule has 0 saturated heterocycles. The van der Waals surface area contributed by atoms with Crippen LogP contribution >= 0.6 is 0 Å². The summed E-state index contributed by atoms with van der Waals surface area (Å²) in [6, 6.07) is 4.18. The molecule has 2 rings (SSSR count). The van der Waals surface area contributed by atoms with Crippen LogP contribution in [0.15, 0.2) is 18.2 Å². The molecule has 1 aromatic carbocycles. The van der Waals surface area contributed by atoms with Crippen molar-refractivity contribution < 1.29 is 10.0 Å². The molecule has 0 radical (unpaired) electrons. The Morgan fingerprint density at radius 2 is 2.15 bits per heavy atom. The normalized spacial score (nSPS) is 15.7. The summed E-state index contributed by atoms with van der Waals surface area (Å²) in [6.07, 6.45) is 2.05. The second-order valence-corrected chi connectivity index (χ2v) is 3.27. The molecule has 0 aromatic heterocycles. The Balaban J connectivity index is 2.41. The molecule has 0 aliphatic heterocycles. The quantitative estimate of drug-likeness (QED) is 0.559. The molecule has 0 heterocycles. The number of phenolic OH excluding ortho intramolecular Hbond substituents is 1. The van der Waals surface area contributed by atoms with Crippen molar-refractivity contribution in [1.82, 2.24) is 0 Å². The average molecular weight is 179 g/mol.